The molecule has 0 radical (unpaired) electrons. The summed E-state index contributed by atoms with van der Waals surface area (Å²) in [5.41, 5.74) is 4.33. The fraction of sp³-hybridized carbons (Fsp3) is 0.300. The van der Waals surface area contributed by atoms with E-state index in [2.05, 4.69) is 72.3 Å². The van der Waals surface area contributed by atoms with Crippen molar-refractivity contribution in [1.82, 2.24) is 14.9 Å². The molecule has 6 heteroatoms. The first-order valence-electron chi connectivity index (χ1n) is 8.86. The van der Waals surface area contributed by atoms with Crippen molar-refractivity contribution in [3.05, 3.63) is 58.7 Å². The van der Waals surface area contributed by atoms with Gasteiger partial charge in [0, 0.05) is 42.9 Å². The lowest BCUT2D eigenvalue weighted by molar-refractivity contribution is 0.313. The molecule has 26 heavy (non-hydrogen) atoms. The smallest absolute Gasteiger partial charge is 0.145 e. The molecule has 0 spiro atoms. The molecule has 1 aliphatic heterocycles. The highest BCUT2D eigenvalue weighted by Crippen LogP contribution is 2.20. The Hall–Kier alpha value is -2.18. The number of benzene rings is 2. The van der Waals surface area contributed by atoms with Gasteiger partial charge in [-0.1, -0.05) is 28.1 Å². The second kappa shape index (κ2) is 7.60. The number of anilines is 2. The second-order valence-electron chi connectivity index (χ2n) is 6.70. The second-order valence-corrected chi connectivity index (χ2v) is 7.62. The lowest BCUT2D eigenvalue weighted by Gasteiger charge is -2.34. The fourth-order valence-electron chi connectivity index (χ4n) is 3.19. The largest absolute Gasteiger partial charge is 0.369 e. The minimum atomic E-state index is 0.734. The van der Waals surface area contributed by atoms with E-state index in [9.17, 15) is 0 Å². The summed E-state index contributed by atoms with van der Waals surface area (Å²) < 4.78 is 1.01. The molecule has 1 aliphatic rings. The summed E-state index contributed by atoms with van der Waals surface area (Å²) in [7, 11) is 2.18. The van der Waals surface area contributed by atoms with E-state index in [4.69, 9.17) is 0 Å². The number of halogens is 1. The molecule has 1 N–H and O–H groups in total. The summed E-state index contributed by atoms with van der Waals surface area (Å²) in [6.45, 7) is 5.13. The molecule has 0 saturated carbocycles. The fourth-order valence-corrected chi connectivity index (χ4v) is 3.54. The van der Waals surface area contributed by atoms with Crippen molar-refractivity contribution in [3.63, 3.8) is 0 Å². The average Bonchev–Trinajstić information content (AvgIpc) is 2.67. The van der Waals surface area contributed by atoms with Crippen LogP contribution in [0.5, 0.6) is 0 Å². The number of piperazine rings is 1. The number of likely N-dealkylation sites (N-methyl/N-ethyl adjacent to an activating group) is 1. The zero-order valence-electron chi connectivity index (χ0n) is 14.8. The lowest BCUT2D eigenvalue weighted by Crippen LogP contribution is -2.44. The Morgan fingerprint density at radius 1 is 1.04 bits per heavy atom. The Bertz CT molecular complexity index is 906. The van der Waals surface area contributed by atoms with Crippen LogP contribution < -0.4 is 10.2 Å². The van der Waals surface area contributed by atoms with Gasteiger partial charge in [0.25, 0.3) is 0 Å². The number of hydrogen-bond donors (Lipinski definition) is 1. The van der Waals surface area contributed by atoms with Crippen LogP contribution in [0, 0.1) is 0 Å². The zero-order chi connectivity index (χ0) is 17.9. The molecular weight excluding hydrogens is 390 g/mol. The molecule has 1 saturated heterocycles. The van der Waals surface area contributed by atoms with Gasteiger partial charge in [-0.3, -0.25) is 4.98 Å². The van der Waals surface area contributed by atoms with Gasteiger partial charge >= 0.3 is 0 Å². The maximum absolute atomic E-state index is 4.64. The summed E-state index contributed by atoms with van der Waals surface area (Å²) in [5, 5.41) is 3.39. The van der Waals surface area contributed by atoms with Crippen LogP contribution >= 0.6 is 15.9 Å². The van der Waals surface area contributed by atoms with Gasteiger partial charge in [0.2, 0.25) is 0 Å². The van der Waals surface area contributed by atoms with Crippen LogP contribution in [0.3, 0.4) is 0 Å². The monoisotopic (exact) mass is 411 g/mol. The van der Waals surface area contributed by atoms with E-state index in [0.29, 0.717) is 0 Å². The Balaban J connectivity index is 1.44. The van der Waals surface area contributed by atoms with Crippen molar-refractivity contribution in [2.24, 2.45) is 0 Å². The van der Waals surface area contributed by atoms with E-state index in [1.165, 1.54) is 11.3 Å². The van der Waals surface area contributed by atoms with Crippen LogP contribution in [0.4, 0.5) is 11.5 Å². The van der Waals surface area contributed by atoms with E-state index in [0.717, 1.165) is 54.0 Å². The molecule has 2 heterocycles. The standard InChI is InChI=1S/C20H22BrN5/c1-25-7-9-26(10-8-25)17-4-2-3-15(11-17)13-23-20-14-22-19-12-16(21)5-6-18(19)24-20/h2-6,11-12,14H,7-10,13H2,1H3,(H,23,24). The van der Waals surface area contributed by atoms with Gasteiger partial charge in [0.05, 0.1) is 17.2 Å². The van der Waals surface area contributed by atoms with Crippen LogP contribution in [0.25, 0.3) is 11.0 Å². The van der Waals surface area contributed by atoms with Crippen molar-refractivity contribution in [1.29, 1.82) is 0 Å². The van der Waals surface area contributed by atoms with Gasteiger partial charge in [0.15, 0.2) is 0 Å². The van der Waals surface area contributed by atoms with E-state index in [1.54, 1.807) is 6.20 Å². The topological polar surface area (TPSA) is 44.3 Å². The number of rotatable bonds is 4. The molecule has 0 amide bonds. The van der Waals surface area contributed by atoms with Crippen LogP contribution in [-0.4, -0.2) is 48.1 Å². The van der Waals surface area contributed by atoms with Gasteiger partial charge < -0.3 is 15.1 Å². The van der Waals surface area contributed by atoms with E-state index >= 15 is 0 Å². The van der Waals surface area contributed by atoms with Gasteiger partial charge in [-0.2, -0.15) is 0 Å². The molecule has 0 atom stereocenters. The summed E-state index contributed by atoms with van der Waals surface area (Å²) >= 11 is 3.46. The molecule has 4 rings (SSSR count). The third-order valence-electron chi connectivity index (χ3n) is 4.76. The third kappa shape index (κ3) is 3.97. The maximum Gasteiger partial charge on any atom is 0.145 e. The first kappa shape index (κ1) is 17.2. The van der Waals surface area contributed by atoms with Crippen LogP contribution in [0.15, 0.2) is 53.1 Å². The minimum Gasteiger partial charge on any atom is -0.369 e. The predicted molar refractivity (Wildman–Crippen MR) is 111 cm³/mol. The van der Waals surface area contributed by atoms with E-state index < -0.39 is 0 Å². The molecule has 0 bridgehead atoms. The highest BCUT2D eigenvalue weighted by Gasteiger charge is 2.14. The Kier molecular flexibility index (Phi) is 5.04. The van der Waals surface area contributed by atoms with Crippen molar-refractivity contribution in [2.75, 3.05) is 43.4 Å². The Morgan fingerprint density at radius 3 is 2.73 bits per heavy atom. The molecular formula is C20H22BrN5. The molecule has 2 aromatic carbocycles. The van der Waals surface area contributed by atoms with E-state index in [1.807, 2.05) is 18.2 Å². The van der Waals surface area contributed by atoms with Crippen molar-refractivity contribution < 1.29 is 0 Å². The minimum absolute atomic E-state index is 0.734. The quantitative estimate of drug-likeness (QED) is 0.707. The zero-order valence-corrected chi connectivity index (χ0v) is 16.4. The molecule has 0 aliphatic carbocycles. The number of aromatic nitrogens is 2. The molecule has 1 fully saturated rings. The maximum atomic E-state index is 4.64. The van der Waals surface area contributed by atoms with Gasteiger partial charge in [-0.25, -0.2) is 4.98 Å². The SMILES string of the molecule is CN1CCN(c2cccc(CNc3cnc4cc(Br)ccc4n3)c2)CC1. The normalized spacial score (nSPS) is 15.4. The number of nitrogens with zero attached hydrogens (tertiary/aromatic N) is 4. The predicted octanol–water partition coefficient (Wildman–Crippen LogP) is 3.76. The number of hydrogen-bond acceptors (Lipinski definition) is 5. The first-order chi connectivity index (χ1) is 12.7. The highest BCUT2D eigenvalue weighted by atomic mass is 79.9. The number of fused-ring (bicyclic) bond motifs is 1. The Morgan fingerprint density at radius 2 is 1.88 bits per heavy atom. The molecule has 0 unspecified atom stereocenters. The summed E-state index contributed by atoms with van der Waals surface area (Å²) in [6, 6.07) is 14.7. The summed E-state index contributed by atoms with van der Waals surface area (Å²) in [6.07, 6.45) is 1.79. The molecule has 1 aromatic heterocycles. The van der Waals surface area contributed by atoms with Gasteiger partial charge in [-0.05, 0) is 42.9 Å². The molecule has 3 aromatic rings. The Labute approximate surface area is 162 Å². The van der Waals surface area contributed by atoms with E-state index in [-0.39, 0.29) is 0 Å². The lowest BCUT2D eigenvalue weighted by atomic mass is 10.1. The van der Waals surface area contributed by atoms with Crippen molar-refractivity contribution in [2.45, 2.75) is 6.54 Å². The van der Waals surface area contributed by atoms with Crippen LogP contribution in [-0.2, 0) is 6.54 Å². The van der Waals surface area contributed by atoms with Crippen LogP contribution in [0.2, 0.25) is 0 Å². The molecule has 5 nitrogen and oxygen atoms in total. The third-order valence-corrected chi connectivity index (χ3v) is 5.25. The summed E-state index contributed by atoms with van der Waals surface area (Å²) in [5.74, 6) is 0.796. The van der Waals surface area contributed by atoms with Crippen molar-refractivity contribution >= 4 is 38.5 Å². The van der Waals surface area contributed by atoms with Crippen LogP contribution in [0.1, 0.15) is 5.56 Å². The first-order valence-corrected chi connectivity index (χ1v) is 9.65. The van der Waals surface area contributed by atoms with Gasteiger partial charge in [0.1, 0.15) is 5.82 Å². The summed E-state index contributed by atoms with van der Waals surface area (Å²) in [4.78, 5) is 14.0. The van der Waals surface area contributed by atoms with Crippen molar-refractivity contribution in [3.8, 4) is 0 Å². The highest BCUT2D eigenvalue weighted by molar-refractivity contribution is 9.10. The average molecular weight is 412 g/mol. The number of nitrogens with one attached hydrogen (secondary N) is 1. The van der Waals surface area contributed by atoms with Gasteiger partial charge in [-0.15, -0.1) is 0 Å². The molecule has 134 valence electrons.